The van der Waals surface area contributed by atoms with Crippen LogP contribution in [0.15, 0.2) is 48.7 Å². The Morgan fingerprint density at radius 3 is 2.55 bits per heavy atom. The molecule has 1 aliphatic heterocycles. The first-order chi connectivity index (χ1) is 18.1. The molecule has 0 saturated carbocycles. The summed E-state index contributed by atoms with van der Waals surface area (Å²) in [4.78, 5) is 29.6. The number of nitro benzene ring substituents is 1. The summed E-state index contributed by atoms with van der Waals surface area (Å²) in [5, 5.41) is 11.2. The summed E-state index contributed by atoms with van der Waals surface area (Å²) < 4.78 is 51.3. The fourth-order valence-electron chi connectivity index (χ4n) is 4.32. The van der Waals surface area contributed by atoms with E-state index in [2.05, 4.69) is 4.98 Å². The molecule has 1 aromatic heterocycles. The van der Waals surface area contributed by atoms with Crippen molar-refractivity contribution in [2.75, 3.05) is 20.3 Å². The molecule has 0 atom stereocenters. The lowest BCUT2D eigenvalue weighted by Crippen LogP contribution is -2.37. The number of methoxy groups -OCH3 is 1. The average Bonchev–Trinajstić information content (AvgIpc) is 2.89. The number of amides is 1. The van der Waals surface area contributed by atoms with Crippen molar-refractivity contribution in [1.29, 1.82) is 0 Å². The predicted octanol–water partition coefficient (Wildman–Crippen LogP) is 5.40. The fourth-order valence-corrected chi connectivity index (χ4v) is 4.32. The lowest BCUT2D eigenvalue weighted by Gasteiger charge is -2.30. The molecule has 8 nitrogen and oxygen atoms in total. The minimum absolute atomic E-state index is 0.0147. The summed E-state index contributed by atoms with van der Waals surface area (Å²) in [6.07, 6.45) is -1.16. The number of halogens is 3. The van der Waals surface area contributed by atoms with Gasteiger partial charge in [-0.3, -0.25) is 19.9 Å². The van der Waals surface area contributed by atoms with Crippen molar-refractivity contribution in [3.05, 3.63) is 92.3 Å². The van der Waals surface area contributed by atoms with Crippen LogP contribution in [0.1, 0.15) is 45.2 Å². The van der Waals surface area contributed by atoms with Gasteiger partial charge in [-0.15, -0.1) is 0 Å². The van der Waals surface area contributed by atoms with Crippen LogP contribution < -0.4 is 9.47 Å². The van der Waals surface area contributed by atoms with Gasteiger partial charge in [0.05, 0.1) is 29.8 Å². The standard InChI is InChI=1S/C27H26F3N3O5/c1-3-17-4-5-21(31-15-17)7-9-38-24-14-23(37-2)12-19-6-8-32(26(34)25(19)24)16-18-10-20(27(28,29)30)13-22(11-18)33(35)36/h4-5,10-15H,3,6-9,16H2,1-2H3. The van der Waals surface area contributed by atoms with Crippen LogP contribution >= 0.6 is 0 Å². The lowest BCUT2D eigenvalue weighted by molar-refractivity contribution is -0.385. The third-order valence-electron chi connectivity index (χ3n) is 6.34. The van der Waals surface area contributed by atoms with Crippen molar-refractivity contribution in [3.63, 3.8) is 0 Å². The van der Waals surface area contributed by atoms with E-state index in [1.807, 2.05) is 25.3 Å². The molecule has 1 aliphatic rings. The fraction of sp³-hybridized carbons (Fsp3) is 0.333. The summed E-state index contributed by atoms with van der Waals surface area (Å²) in [6.45, 7) is 2.28. The average molecular weight is 530 g/mol. The number of pyridine rings is 1. The number of carbonyl (C=O) groups excluding carboxylic acids is 1. The highest BCUT2D eigenvalue weighted by molar-refractivity contribution is 5.99. The number of hydrogen-bond acceptors (Lipinski definition) is 6. The van der Waals surface area contributed by atoms with Gasteiger partial charge in [-0.25, -0.2) is 0 Å². The molecule has 2 heterocycles. The molecule has 200 valence electrons. The van der Waals surface area contributed by atoms with Gasteiger partial charge in [-0.1, -0.05) is 13.0 Å². The minimum atomic E-state index is -4.76. The molecule has 0 aliphatic carbocycles. The van der Waals surface area contributed by atoms with Gasteiger partial charge in [0, 0.05) is 49.6 Å². The monoisotopic (exact) mass is 529 g/mol. The number of non-ortho nitro benzene ring substituents is 1. The van der Waals surface area contributed by atoms with Gasteiger partial charge >= 0.3 is 6.18 Å². The zero-order valence-electron chi connectivity index (χ0n) is 20.9. The van der Waals surface area contributed by atoms with Crippen LogP contribution in [0.2, 0.25) is 0 Å². The van der Waals surface area contributed by atoms with Crippen LogP contribution in [-0.4, -0.2) is 41.0 Å². The first kappa shape index (κ1) is 26.9. The van der Waals surface area contributed by atoms with Crippen molar-refractivity contribution in [2.24, 2.45) is 0 Å². The van der Waals surface area contributed by atoms with Crippen LogP contribution in [0.5, 0.6) is 11.5 Å². The highest BCUT2D eigenvalue weighted by Crippen LogP contribution is 2.36. The number of fused-ring (bicyclic) bond motifs is 1. The third-order valence-corrected chi connectivity index (χ3v) is 6.34. The molecule has 38 heavy (non-hydrogen) atoms. The second-order valence-corrected chi connectivity index (χ2v) is 8.89. The van der Waals surface area contributed by atoms with Crippen LogP contribution in [0.3, 0.4) is 0 Å². The van der Waals surface area contributed by atoms with Crippen LogP contribution in [-0.2, 0) is 32.0 Å². The first-order valence-corrected chi connectivity index (χ1v) is 12.0. The Morgan fingerprint density at radius 1 is 1.13 bits per heavy atom. The molecule has 2 aromatic carbocycles. The van der Waals surface area contributed by atoms with E-state index in [-0.39, 0.29) is 25.3 Å². The summed E-state index contributed by atoms with van der Waals surface area (Å²) in [5.41, 5.74) is 1.14. The Balaban J connectivity index is 1.57. The van der Waals surface area contributed by atoms with E-state index < -0.39 is 28.3 Å². The molecule has 1 amide bonds. The Kier molecular flexibility index (Phi) is 7.84. The van der Waals surface area contributed by atoms with Gasteiger partial charge in [-0.05, 0) is 47.7 Å². The molecule has 0 fully saturated rings. The van der Waals surface area contributed by atoms with Crippen molar-refractivity contribution in [3.8, 4) is 11.5 Å². The van der Waals surface area contributed by atoms with E-state index in [4.69, 9.17) is 9.47 Å². The van der Waals surface area contributed by atoms with E-state index in [0.29, 0.717) is 41.5 Å². The summed E-state index contributed by atoms with van der Waals surface area (Å²) in [6, 6.07) is 9.62. The summed E-state index contributed by atoms with van der Waals surface area (Å²) in [7, 11) is 1.50. The summed E-state index contributed by atoms with van der Waals surface area (Å²) >= 11 is 0. The molecule has 4 rings (SSSR count). The molecule has 11 heteroatoms. The smallest absolute Gasteiger partial charge is 0.416 e. The number of aryl methyl sites for hydroxylation is 1. The molecule has 3 aromatic rings. The number of benzene rings is 2. The van der Waals surface area contributed by atoms with Gasteiger partial charge in [0.2, 0.25) is 0 Å². The number of hydrogen-bond donors (Lipinski definition) is 0. The largest absolute Gasteiger partial charge is 0.497 e. The zero-order chi connectivity index (χ0) is 27.4. The number of alkyl halides is 3. The molecule has 0 N–H and O–H groups in total. The minimum Gasteiger partial charge on any atom is -0.497 e. The van der Waals surface area contributed by atoms with Crippen molar-refractivity contribution < 1.29 is 32.4 Å². The molecular weight excluding hydrogens is 503 g/mol. The normalized spacial score (nSPS) is 13.3. The molecule has 0 bridgehead atoms. The van der Waals surface area contributed by atoms with Crippen molar-refractivity contribution in [2.45, 2.75) is 38.9 Å². The second-order valence-electron chi connectivity index (χ2n) is 8.89. The Bertz CT molecular complexity index is 1340. The quantitative estimate of drug-likeness (QED) is 0.272. The summed E-state index contributed by atoms with van der Waals surface area (Å²) in [5.74, 6) is 0.377. The van der Waals surface area contributed by atoms with Crippen LogP contribution in [0.25, 0.3) is 0 Å². The SMILES string of the molecule is CCc1ccc(CCOc2cc(OC)cc3c2C(=O)N(Cc2cc([N+](=O)[O-])cc(C(F)(F)F)c2)CC3)nc1. The maximum atomic E-state index is 13.5. The molecular formula is C27H26F3N3O5. The van der Waals surface area contributed by atoms with E-state index in [0.717, 1.165) is 29.8 Å². The van der Waals surface area contributed by atoms with Gasteiger partial charge in [0.25, 0.3) is 11.6 Å². The maximum Gasteiger partial charge on any atom is 0.416 e. The topological polar surface area (TPSA) is 94.8 Å². The second kappa shape index (κ2) is 11.1. The van der Waals surface area contributed by atoms with E-state index in [9.17, 15) is 28.1 Å². The number of ether oxygens (including phenoxy) is 2. The van der Waals surface area contributed by atoms with E-state index >= 15 is 0 Å². The molecule has 0 saturated heterocycles. The zero-order valence-corrected chi connectivity index (χ0v) is 20.9. The van der Waals surface area contributed by atoms with E-state index in [1.54, 1.807) is 12.1 Å². The number of nitrogens with zero attached hydrogens (tertiary/aromatic N) is 3. The van der Waals surface area contributed by atoms with Gasteiger partial charge in [0.1, 0.15) is 11.5 Å². The number of carbonyl (C=O) groups is 1. The molecule has 0 radical (unpaired) electrons. The third kappa shape index (κ3) is 6.04. The highest BCUT2D eigenvalue weighted by atomic mass is 19.4. The van der Waals surface area contributed by atoms with Gasteiger partial charge in [0.15, 0.2) is 0 Å². The van der Waals surface area contributed by atoms with Crippen molar-refractivity contribution in [1.82, 2.24) is 9.88 Å². The Morgan fingerprint density at radius 2 is 1.92 bits per heavy atom. The Labute approximate surface area is 217 Å². The van der Waals surface area contributed by atoms with Crippen LogP contribution in [0, 0.1) is 10.1 Å². The number of rotatable bonds is 9. The van der Waals surface area contributed by atoms with E-state index in [1.165, 1.54) is 12.0 Å². The lowest BCUT2D eigenvalue weighted by atomic mass is 9.96. The number of nitro groups is 1. The first-order valence-electron chi connectivity index (χ1n) is 12.0. The molecule has 0 spiro atoms. The highest BCUT2D eigenvalue weighted by Gasteiger charge is 2.34. The van der Waals surface area contributed by atoms with Crippen LogP contribution in [0.4, 0.5) is 18.9 Å². The van der Waals surface area contributed by atoms with Gasteiger partial charge in [-0.2, -0.15) is 13.2 Å². The Hall–Kier alpha value is -4.15. The molecule has 0 unspecified atom stereocenters. The maximum absolute atomic E-state index is 13.5. The van der Waals surface area contributed by atoms with Crippen molar-refractivity contribution >= 4 is 11.6 Å². The number of aromatic nitrogens is 1. The predicted molar refractivity (Wildman–Crippen MR) is 132 cm³/mol. The van der Waals surface area contributed by atoms with Gasteiger partial charge < -0.3 is 14.4 Å².